The second kappa shape index (κ2) is 3.54. The lowest BCUT2D eigenvalue weighted by Gasteiger charge is -2.59. The lowest BCUT2D eigenvalue weighted by atomic mass is 9.48. The molecule has 18 heavy (non-hydrogen) atoms. The van der Waals surface area contributed by atoms with Crippen molar-refractivity contribution in [3.05, 3.63) is 22.2 Å². The Hall–Kier alpha value is -0.0200. The van der Waals surface area contributed by atoms with Crippen molar-refractivity contribution < 1.29 is 9.47 Å². The van der Waals surface area contributed by atoms with Crippen LogP contribution in [0.5, 0.6) is 0 Å². The van der Waals surface area contributed by atoms with Gasteiger partial charge in [0.25, 0.3) is 0 Å². The summed E-state index contributed by atoms with van der Waals surface area (Å²) >= 11 is 12.6. The molecule has 0 aromatic rings. The van der Waals surface area contributed by atoms with E-state index in [-0.39, 0.29) is 16.6 Å². The maximum atomic E-state index is 6.29. The maximum Gasteiger partial charge on any atom is 0.168 e. The zero-order valence-corrected chi connectivity index (χ0v) is 11.7. The first kappa shape index (κ1) is 11.8. The lowest BCUT2D eigenvalue weighted by Crippen LogP contribution is -2.58. The van der Waals surface area contributed by atoms with Gasteiger partial charge in [-0.25, -0.2) is 0 Å². The molecule has 1 spiro atoms. The summed E-state index contributed by atoms with van der Waals surface area (Å²) in [6.45, 7) is 1.22. The molecule has 2 unspecified atom stereocenters. The van der Waals surface area contributed by atoms with Crippen molar-refractivity contribution in [2.45, 2.75) is 37.9 Å². The largest absolute Gasteiger partial charge is 0.349 e. The average molecular weight is 287 g/mol. The minimum absolute atomic E-state index is 0.188. The van der Waals surface area contributed by atoms with E-state index in [4.69, 9.17) is 32.7 Å². The molecular formula is C14H16Cl2O2. The Morgan fingerprint density at radius 2 is 1.33 bits per heavy atom. The van der Waals surface area contributed by atoms with Gasteiger partial charge in [0.1, 0.15) is 0 Å². The minimum Gasteiger partial charge on any atom is -0.349 e. The standard InChI is InChI=1S/C14H16Cl2O2/c15-10-6-12-8-17-14(4-2-1-3-5-14)18-9-13(10,12)7-11(12)16/h6-7H,1-5,8-9H2. The van der Waals surface area contributed by atoms with Crippen molar-refractivity contribution in [3.8, 4) is 0 Å². The summed E-state index contributed by atoms with van der Waals surface area (Å²) < 4.78 is 12.3. The smallest absolute Gasteiger partial charge is 0.168 e. The Bertz CT molecular complexity index is 428. The van der Waals surface area contributed by atoms with Crippen molar-refractivity contribution in [1.29, 1.82) is 0 Å². The minimum atomic E-state index is -0.379. The molecule has 0 amide bonds. The highest BCUT2D eigenvalue weighted by Crippen LogP contribution is 2.71. The molecule has 2 fully saturated rings. The Morgan fingerprint density at radius 1 is 0.833 bits per heavy atom. The predicted molar refractivity (Wildman–Crippen MR) is 70.5 cm³/mol. The van der Waals surface area contributed by atoms with Crippen LogP contribution >= 0.6 is 23.2 Å². The van der Waals surface area contributed by atoms with E-state index < -0.39 is 0 Å². The first-order valence-corrected chi connectivity index (χ1v) is 7.44. The molecule has 98 valence electrons. The molecule has 0 aromatic heterocycles. The molecule has 1 heterocycles. The highest BCUT2D eigenvalue weighted by molar-refractivity contribution is 6.36. The zero-order chi connectivity index (χ0) is 12.4. The van der Waals surface area contributed by atoms with Gasteiger partial charge in [0.2, 0.25) is 0 Å². The van der Waals surface area contributed by atoms with E-state index >= 15 is 0 Å². The fraction of sp³-hybridized carbons (Fsp3) is 0.714. The fourth-order valence-corrected chi connectivity index (χ4v) is 4.67. The van der Waals surface area contributed by atoms with Crippen LogP contribution in [0, 0.1) is 10.8 Å². The molecule has 0 N–H and O–H groups in total. The van der Waals surface area contributed by atoms with E-state index in [1.165, 1.54) is 19.3 Å². The van der Waals surface area contributed by atoms with Crippen LogP contribution in [-0.4, -0.2) is 19.0 Å². The number of ether oxygens (including phenoxy) is 2. The zero-order valence-electron chi connectivity index (χ0n) is 10.2. The third-order valence-corrected chi connectivity index (χ3v) is 6.03. The van der Waals surface area contributed by atoms with Crippen molar-refractivity contribution in [2.24, 2.45) is 10.8 Å². The molecule has 0 bridgehead atoms. The third kappa shape index (κ3) is 1.19. The molecule has 1 aliphatic heterocycles. The Kier molecular flexibility index (Phi) is 2.32. The summed E-state index contributed by atoms with van der Waals surface area (Å²) in [7, 11) is 0. The predicted octanol–water partition coefficient (Wildman–Crippen LogP) is 3.94. The lowest BCUT2D eigenvalue weighted by molar-refractivity contribution is -0.244. The van der Waals surface area contributed by atoms with Gasteiger partial charge in [-0.3, -0.25) is 0 Å². The van der Waals surface area contributed by atoms with Gasteiger partial charge in [0.05, 0.1) is 24.0 Å². The summed E-state index contributed by atoms with van der Waals surface area (Å²) in [6.07, 6.45) is 9.72. The van der Waals surface area contributed by atoms with Gasteiger partial charge in [0, 0.05) is 22.9 Å². The van der Waals surface area contributed by atoms with Crippen LogP contribution in [-0.2, 0) is 9.47 Å². The van der Waals surface area contributed by atoms with Crippen molar-refractivity contribution >= 4 is 23.2 Å². The summed E-state index contributed by atoms with van der Waals surface area (Å²) in [5.41, 5.74) is -0.376. The maximum absolute atomic E-state index is 6.29. The monoisotopic (exact) mass is 286 g/mol. The second-order valence-electron chi connectivity index (χ2n) is 5.98. The molecule has 0 radical (unpaired) electrons. The van der Waals surface area contributed by atoms with Crippen LogP contribution in [0.15, 0.2) is 22.2 Å². The van der Waals surface area contributed by atoms with E-state index in [1.54, 1.807) is 0 Å². The summed E-state index contributed by atoms with van der Waals surface area (Å²) in [5, 5.41) is 1.73. The second-order valence-corrected chi connectivity index (χ2v) is 6.79. The molecule has 4 aliphatic rings. The molecule has 1 saturated heterocycles. The highest BCUT2D eigenvalue weighted by atomic mass is 35.5. The molecule has 0 aromatic carbocycles. The average Bonchev–Trinajstić information content (AvgIpc) is 2.44. The normalized spacial score (nSPS) is 44.8. The Morgan fingerprint density at radius 3 is 1.78 bits per heavy atom. The molecule has 4 heteroatoms. The van der Waals surface area contributed by atoms with E-state index in [9.17, 15) is 0 Å². The van der Waals surface area contributed by atoms with Gasteiger partial charge >= 0.3 is 0 Å². The summed E-state index contributed by atoms with van der Waals surface area (Å²) in [6, 6.07) is 0. The van der Waals surface area contributed by atoms with Crippen molar-refractivity contribution in [1.82, 2.24) is 0 Å². The number of hydrogen-bond acceptors (Lipinski definition) is 2. The van der Waals surface area contributed by atoms with Gasteiger partial charge in [-0.2, -0.15) is 0 Å². The number of rotatable bonds is 0. The van der Waals surface area contributed by atoms with Gasteiger partial charge in [-0.15, -0.1) is 0 Å². The Balaban J connectivity index is 1.65. The van der Waals surface area contributed by atoms with E-state index in [0.717, 1.165) is 22.9 Å². The van der Waals surface area contributed by atoms with Crippen LogP contribution in [0.1, 0.15) is 32.1 Å². The molecular weight excluding hydrogens is 271 g/mol. The van der Waals surface area contributed by atoms with E-state index in [2.05, 4.69) is 0 Å². The van der Waals surface area contributed by atoms with Crippen molar-refractivity contribution in [2.75, 3.05) is 13.2 Å². The molecule has 3 aliphatic carbocycles. The highest BCUT2D eigenvalue weighted by Gasteiger charge is 2.68. The Labute approximate surface area is 117 Å². The number of halogens is 2. The molecule has 1 saturated carbocycles. The van der Waals surface area contributed by atoms with Gasteiger partial charge in [0.15, 0.2) is 5.79 Å². The van der Waals surface area contributed by atoms with Crippen LogP contribution in [0.3, 0.4) is 0 Å². The van der Waals surface area contributed by atoms with Crippen LogP contribution in [0.25, 0.3) is 0 Å². The molecule has 4 rings (SSSR count). The van der Waals surface area contributed by atoms with E-state index in [1.807, 2.05) is 12.2 Å². The molecule has 2 nitrogen and oxygen atoms in total. The van der Waals surface area contributed by atoms with Crippen LogP contribution < -0.4 is 0 Å². The SMILES string of the molecule is ClC1=CC23COC4(CCCCC4)OCC12C=C3Cl. The topological polar surface area (TPSA) is 18.5 Å². The fourth-order valence-electron chi connectivity index (χ4n) is 3.75. The van der Waals surface area contributed by atoms with Gasteiger partial charge in [-0.05, 0) is 12.8 Å². The molecule has 2 atom stereocenters. The third-order valence-electron chi connectivity index (χ3n) is 5.14. The van der Waals surface area contributed by atoms with Gasteiger partial charge in [-0.1, -0.05) is 41.8 Å². The van der Waals surface area contributed by atoms with E-state index in [0.29, 0.717) is 13.2 Å². The first-order valence-electron chi connectivity index (χ1n) is 6.68. The van der Waals surface area contributed by atoms with Crippen molar-refractivity contribution in [3.63, 3.8) is 0 Å². The summed E-state index contributed by atoms with van der Waals surface area (Å²) in [5.74, 6) is -0.379. The number of hydrogen-bond donors (Lipinski definition) is 0. The van der Waals surface area contributed by atoms with Crippen LogP contribution in [0.2, 0.25) is 0 Å². The quantitative estimate of drug-likeness (QED) is 0.672. The van der Waals surface area contributed by atoms with Gasteiger partial charge < -0.3 is 9.47 Å². The first-order chi connectivity index (χ1) is 8.63. The van der Waals surface area contributed by atoms with Crippen LogP contribution in [0.4, 0.5) is 0 Å². The summed E-state index contributed by atoms with van der Waals surface area (Å²) in [4.78, 5) is 0.